The van der Waals surface area contributed by atoms with E-state index >= 15 is 0 Å². The van der Waals surface area contributed by atoms with Gasteiger partial charge in [0.15, 0.2) is 15.8 Å². The number of hydrogen-bond donors (Lipinski definition) is 2. The fourth-order valence-electron chi connectivity index (χ4n) is 1.85. The van der Waals surface area contributed by atoms with Gasteiger partial charge in [0, 0.05) is 25.2 Å². The van der Waals surface area contributed by atoms with E-state index in [1.54, 1.807) is 27.8 Å². The normalized spacial score (nSPS) is 13.0. The third-order valence-corrected chi connectivity index (χ3v) is 6.26. The van der Waals surface area contributed by atoms with E-state index in [1.807, 2.05) is 24.3 Å². The molecule has 5 nitrogen and oxygen atoms in total. The first kappa shape index (κ1) is 19.8. The van der Waals surface area contributed by atoms with Gasteiger partial charge in [-0.05, 0) is 44.9 Å². The smallest absolute Gasteiger partial charge is 0.191 e. The molecule has 0 atom stereocenters. The lowest BCUT2D eigenvalue weighted by molar-refractivity contribution is 0.559. The molecule has 0 aliphatic rings. The van der Waals surface area contributed by atoms with Gasteiger partial charge in [-0.2, -0.15) is 0 Å². The molecule has 0 amide bonds. The molecule has 0 heterocycles. The number of nitrogens with zero attached hydrogens (tertiary/aromatic N) is 1. The number of nitrogens with one attached hydrogen (secondary N) is 2. The number of rotatable bonds is 6. The van der Waals surface area contributed by atoms with E-state index < -0.39 is 14.6 Å². The van der Waals surface area contributed by atoms with Gasteiger partial charge in [-0.25, -0.2) is 8.42 Å². The van der Waals surface area contributed by atoms with E-state index in [2.05, 4.69) is 15.6 Å². The highest BCUT2D eigenvalue weighted by molar-refractivity contribution is 7.92. The molecular weight excluding hydrogens is 334 g/mol. The van der Waals surface area contributed by atoms with Crippen LogP contribution < -0.4 is 10.6 Å². The van der Waals surface area contributed by atoms with Crippen LogP contribution in [0.5, 0.6) is 0 Å². The molecule has 130 valence electrons. The fraction of sp³-hybridized carbons (Fsp3) is 0.562. The van der Waals surface area contributed by atoms with E-state index in [9.17, 15) is 8.42 Å². The van der Waals surface area contributed by atoms with Gasteiger partial charge in [-0.3, -0.25) is 4.99 Å². The summed E-state index contributed by atoms with van der Waals surface area (Å²) in [5.74, 6) is 0.669. The van der Waals surface area contributed by atoms with Gasteiger partial charge < -0.3 is 10.6 Å². The second-order valence-electron chi connectivity index (χ2n) is 6.24. The minimum atomic E-state index is -3.13. The van der Waals surface area contributed by atoms with Crippen LogP contribution in [0.4, 0.5) is 0 Å². The maximum atomic E-state index is 12.0. The molecule has 0 saturated carbocycles. The maximum Gasteiger partial charge on any atom is 0.191 e. The predicted octanol–water partition coefficient (Wildman–Crippen LogP) is 2.26. The van der Waals surface area contributed by atoms with Crippen molar-refractivity contribution in [2.24, 2.45) is 4.99 Å². The Morgan fingerprint density at radius 3 is 2.43 bits per heavy atom. The predicted molar refractivity (Wildman–Crippen MR) is 98.1 cm³/mol. The molecule has 1 aromatic carbocycles. The fourth-order valence-corrected chi connectivity index (χ4v) is 3.04. The molecule has 0 aliphatic carbocycles. The lowest BCUT2D eigenvalue weighted by atomic mass is 10.1. The van der Waals surface area contributed by atoms with E-state index in [0.29, 0.717) is 19.0 Å². The van der Waals surface area contributed by atoms with E-state index in [1.165, 1.54) is 0 Å². The summed E-state index contributed by atoms with van der Waals surface area (Å²) < 4.78 is 23.3. The van der Waals surface area contributed by atoms with Crippen molar-refractivity contribution in [2.45, 2.75) is 31.9 Å². The third kappa shape index (κ3) is 6.79. The van der Waals surface area contributed by atoms with E-state index in [-0.39, 0.29) is 5.75 Å². The van der Waals surface area contributed by atoms with Crippen molar-refractivity contribution >= 4 is 27.4 Å². The van der Waals surface area contributed by atoms with Crippen LogP contribution in [0.3, 0.4) is 0 Å². The highest BCUT2D eigenvalue weighted by Gasteiger charge is 2.28. The number of hydrogen-bond acceptors (Lipinski definition) is 3. The van der Waals surface area contributed by atoms with Crippen molar-refractivity contribution in [1.82, 2.24) is 10.6 Å². The third-order valence-electron chi connectivity index (χ3n) is 3.42. The zero-order chi connectivity index (χ0) is 17.5. The highest BCUT2D eigenvalue weighted by Crippen LogP contribution is 2.15. The highest BCUT2D eigenvalue weighted by atomic mass is 35.5. The Kier molecular flexibility index (Phi) is 7.35. The number of guanidine groups is 1. The monoisotopic (exact) mass is 359 g/mol. The first-order valence-electron chi connectivity index (χ1n) is 7.57. The largest absolute Gasteiger partial charge is 0.356 e. The average Bonchev–Trinajstić information content (AvgIpc) is 2.44. The van der Waals surface area contributed by atoms with Crippen molar-refractivity contribution < 1.29 is 8.42 Å². The van der Waals surface area contributed by atoms with Gasteiger partial charge >= 0.3 is 0 Å². The van der Waals surface area contributed by atoms with Crippen LogP contribution in [-0.2, 0) is 16.3 Å². The Hall–Kier alpha value is -1.27. The van der Waals surface area contributed by atoms with Gasteiger partial charge in [0.1, 0.15) is 0 Å². The van der Waals surface area contributed by atoms with Crippen LogP contribution in [-0.4, -0.2) is 45.0 Å². The molecule has 7 heteroatoms. The molecule has 2 N–H and O–H groups in total. The molecule has 0 radical (unpaired) electrons. The van der Waals surface area contributed by atoms with Crippen LogP contribution in [0.1, 0.15) is 26.3 Å². The van der Waals surface area contributed by atoms with E-state index in [0.717, 1.165) is 17.0 Å². The number of sulfone groups is 1. The summed E-state index contributed by atoms with van der Waals surface area (Å²) in [7, 11) is -1.47. The van der Waals surface area contributed by atoms with Crippen molar-refractivity contribution in [3.63, 3.8) is 0 Å². The summed E-state index contributed by atoms with van der Waals surface area (Å²) in [5, 5.41) is 6.91. The van der Waals surface area contributed by atoms with Crippen molar-refractivity contribution in [2.75, 3.05) is 25.9 Å². The molecule has 0 bridgehead atoms. The maximum absolute atomic E-state index is 12.0. The van der Waals surface area contributed by atoms with Gasteiger partial charge in [-0.15, -0.1) is 0 Å². The number of aliphatic imine (C=N–C) groups is 1. The number of benzene rings is 1. The molecule has 0 unspecified atom stereocenters. The molecule has 1 aromatic rings. The van der Waals surface area contributed by atoms with Gasteiger partial charge in [0.25, 0.3) is 0 Å². The van der Waals surface area contributed by atoms with Crippen LogP contribution in [0.15, 0.2) is 29.3 Å². The van der Waals surface area contributed by atoms with Crippen LogP contribution in [0.2, 0.25) is 5.02 Å². The molecule has 0 aliphatic heterocycles. The van der Waals surface area contributed by atoms with Crippen LogP contribution in [0.25, 0.3) is 0 Å². The Balaban J connectivity index is 2.38. The molecule has 0 aromatic heterocycles. The zero-order valence-corrected chi connectivity index (χ0v) is 15.8. The quantitative estimate of drug-likeness (QED) is 0.603. The van der Waals surface area contributed by atoms with Crippen LogP contribution >= 0.6 is 11.6 Å². The summed E-state index contributed by atoms with van der Waals surface area (Å²) in [6.07, 6.45) is 0.807. The van der Waals surface area contributed by atoms with Gasteiger partial charge in [0.2, 0.25) is 0 Å². The first-order valence-corrected chi connectivity index (χ1v) is 9.60. The van der Waals surface area contributed by atoms with Crippen molar-refractivity contribution in [1.29, 1.82) is 0 Å². The molecule has 0 fully saturated rings. The van der Waals surface area contributed by atoms with E-state index in [4.69, 9.17) is 11.6 Å². The minimum absolute atomic E-state index is 0.0749. The first-order chi connectivity index (χ1) is 10.7. The summed E-state index contributed by atoms with van der Waals surface area (Å²) in [6, 6.07) is 7.70. The molecular formula is C16H26ClN3O2S. The zero-order valence-electron chi connectivity index (χ0n) is 14.2. The van der Waals surface area contributed by atoms with Crippen molar-refractivity contribution in [3.8, 4) is 0 Å². The Morgan fingerprint density at radius 1 is 1.22 bits per heavy atom. The molecule has 0 saturated heterocycles. The number of halogens is 1. The van der Waals surface area contributed by atoms with Gasteiger partial charge in [-0.1, -0.05) is 23.7 Å². The Bertz CT molecular complexity index is 637. The topological polar surface area (TPSA) is 70.6 Å². The second-order valence-corrected chi connectivity index (χ2v) is 9.54. The molecule has 0 spiro atoms. The SMILES string of the molecule is CN=C(NCCc1cccc(Cl)c1)NCCS(=O)(=O)C(C)(C)C. The minimum Gasteiger partial charge on any atom is -0.356 e. The standard InChI is InChI=1S/C16H26ClN3O2S/c1-16(2,3)23(21,22)11-10-20-15(18-4)19-9-8-13-6-5-7-14(17)12-13/h5-7,12H,8-11H2,1-4H3,(H2,18,19,20). The second kappa shape index (κ2) is 8.55. The molecule has 1 rings (SSSR count). The molecule has 23 heavy (non-hydrogen) atoms. The summed E-state index contributed by atoms with van der Waals surface area (Å²) in [6.45, 7) is 6.14. The lowest BCUT2D eigenvalue weighted by Crippen LogP contribution is -2.42. The van der Waals surface area contributed by atoms with Crippen molar-refractivity contribution in [3.05, 3.63) is 34.9 Å². The van der Waals surface area contributed by atoms with Crippen LogP contribution in [0, 0.1) is 0 Å². The Labute approximate surface area is 144 Å². The van der Waals surface area contributed by atoms with Gasteiger partial charge in [0.05, 0.1) is 10.5 Å². The lowest BCUT2D eigenvalue weighted by Gasteiger charge is -2.19. The average molecular weight is 360 g/mol. The summed E-state index contributed by atoms with van der Waals surface area (Å²) in [5.41, 5.74) is 1.13. The summed E-state index contributed by atoms with van der Waals surface area (Å²) >= 11 is 5.95. The Morgan fingerprint density at radius 2 is 1.87 bits per heavy atom. The summed E-state index contributed by atoms with van der Waals surface area (Å²) in [4.78, 5) is 4.09.